The second-order valence-corrected chi connectivity index (χ2v) is 12.6. The highest BCUT2D eigenvalue weighted by Crippen LogP contribution is 2.30. The number of aromatic nitrogens is 4. The highest BCUT2D eigenvalue weighted by Gasteiger charge is 2.33. The minimum atomic E-state index is -0.942. The molecule has 3 heterocycles. The highest BCUT2D eigenvalue weighted by atomic mass is 32.2. The Bertz CT molecular complexity index is 1780. The number of benzene rings is 3. The molecular formula is C36H39N7O4S. The zero-order valence-electron chi connectivity index (χ0n) is 26.9. The van der Waals surface area contributed by atoms with Crippen LogP contribution in [0.3, 0.4) is 0 Å². The van der Waals surface area contributed by atoms with E-state index in [-0.39, 0.29) is 18.1 Å². The third-order valence-electron chi connectivity index (χ3n) is 8.43. The van der Waals surface area contributed by atoms with Crippen molar-refractivity contribution in [3.05, 3.63) is 114 Å². The molecule has 3 atom stereocenters. The lowest BCUT2D eigenvalue weighted by molar-refractivity contribution is -0.118. The minimum absolute atomic E-state index is 0.00574. The number of hydrogen-bond acceptors (Lipinski definition) is 9. The first kappa shape index (κ1) is 33.1. The maximum Gasteiger partial charge on any atom is 0.407 e. The van der Waals surface area contributed by atoms with Crippen LogP contribution in [0.5, 0.6) is 0 Å². The topological polar surface area (TPSA) is 132 Å². The van der Waals surface area contributed by atoms with Crippen molar-refractivity contribution in [3.63, 3.8) is 0 Å². The average Bonchev–Trinajstić information content (AvgIpc) is 3.52. The van der Waals surface area contributed by atoms with Crippen molar-refractivity contribution in [1.29, 1.82) is 0 Å². The molecule has 0 spiro atoms. The number of aryl methyl sites for hydroxylation is 2. The Morgan fingerprint density at radius 1 is 0.979 bits per heavy atom. The number of rotatable bonds is 12. The van der Waals surface area contributed by atoms with E-state index in [4.69, 9.17) is 9.47 Å². The maximum absolute atomic E-state index is 14.1. The molecule has 0 bridgehead atoms. The Morgan fingerprint density at radius 2 is 1.67 bits per heavy atom. The SMILES string of the molecule is COC(=O)N[C@H](C(=O)Nc1ccccc1CC[C@@H]1CNC[C@@H](CSc2ncnc3c2cnn3C)O1)C(c1ccccc1)c1ccccc1. The van der Waals surface area contributed by atoms with Crippen LogP contribution in [0.4, 0.5) is 10.5 Å². The van der Waals surface area contributed by atoms with Crippen molar-refractivity contribution in [3.8, 4) is 0 Å². The fourth-order valence-electron chi connectivity index (χ4n) is 6.04. The largest absolute Gasteiger partial charge is 0.453 e. The molecule has 0 saturated carbocycles. The number of hydrogen-bond donors (Lipinski definition) is 3. The number of alkyl carbamates (subject to hydrolysis) is 1. The van der Waals surface area contributed by atoms with Gasteiger partial charge in [0.15, 0.2) is 5.65 Å². The van der Waals surface area contributed by atoms with Gasteiger partial charge in [0.05, 0.1) is 30.9 Å². The molecular weight excluding hydrogens is 627 g/mol. The number of carbonyl (C=O) groups is 2. The van der Waals surface area contributed by atoms with Crippen LogP contribution in [0.2, 0.25) is 0 Å². The first-order valence-corrected chi connectivity index (χ1v) is 16.9. The Balaban J connectivity index is 1.13. The molecule has 0 unspecified atom stereocenters. The number of methoxy groups -OCH3 is 1. The second kappa shape index (κ2) is 15.9. The Labute approximate surface area is 283 Å². The number of carbonyl (C=O) groups excluding carboxylic acids is 2. The van der Waals surface area contributed by atoms with Gasteiger partial charge in [0.2, 0.25) is 5.91 Å². The smallest absolute Gasteiger partial charge is 0.407 e. The third kappa shape index (κ3) is 8.01. The fraction of sp³-hybridized carbons (Fsp3) is 0.306. The van der Waals surface area contributed by atoms with E-state index < -0.39 is 18.1 Å². The molecule has 1 aliphatic rings. The van der Waals surface area contributed by atoms with Crippen molar-refractivity contribution >= 4 is 40.5 Å². The van der Waals surface area contributed by atoms with E-state index in [0.29, 0.717) is 12.1 Å². The number of para-hydroxylation sites is 1. The number of ether oxygens (including phenoxy) is 2. The van der Waals surface area contributed by atoms with Gasteiger partial charge in [-0.25, -0.2) is 14.8 Å². The van der Waals surface area contributed by atoms with Crippen LogP contribution in [-0.2, 0) is 27.7 Å². The van der Waals surface area contributed by atoms with Gasteiger partial charge in [0.1, 0.15) is 17.4 Å². The summed E-state index contributed by atoms with van der Waals surface area (Å²) in [4.78, 5) is 35.5. The van der Waals surface area contributed by atoms with Crippen molar-refractivity contribution in [2.24, 2.45) is 7.05 Å². The number of nitrogens with zero attached hydrogens (tertiary/aromatic N) is 4. The summed E-state index contributed by atoms with van der Waals surface area (Å²) in [7, 11) is 3.16. The zero-order valence-corrected chi connectivity index (χ0v) is 27.7. The highest BCUT2D eigenvalue weighted by molar-refractivity contribution is 7.99. The Kier molecular flexibility index (Phi) is 11.0. The standard InChI is InChI=1S/C36H39N7O4S/c1-43-33-29(21-40-43)35(39-23-38-33)48-22-28-20-37-19-27(47-28)18-17-24-11-9-10-16-30(24)41-34(44)32(42-36(45)46-2)31(25-12-5-3-6-13-25)26-14-7-4-8-15-26/h3-16,21,23,27-28,31-32,37H,17-20,22H2,1-2H3,(H,41,44)(H,42,45)/t27-,28+,32+/m1/s1. The molecule has 2 amide bonds. The molecule has 1 fully saturated rings. The van der Waals surface area contributed by atoms with Gasteiger partial charge in [-0.05, 0) is 35.6 Å². The number of thioether (sulfide) groups is 1. The van der Waals surface area contributed by atoms with E-state index in [1.807, 2.05) is 92.0 Å². The van der Waals surface area contributed by atoms with E-state index >= 15 is 0 Å². The molecule has 6 rings (SSSR count). The molecule has 3 aromatic carbocycles. The molecule has 1 aliphatic heterocycles. The number of fused-ring (bicyclic) bond motifs is 1. The predicted octanol–water partition coefficient (Wildman–Crippen LogP) is 4.94. The Hall–Kier alpha value is -4.78. The summed E-state index contributed by atoms with van der Waals surface area (Å²) >= 11 is 1.65. The van der Waals surface area contributed by atoms with Gasteiger partial charge in [-0.1, -0.05) is 78.9 Å². The fourth-order valence-corrected chi connectivity index (χ4v) is 7.00. The minimum Gasteiger partial charge on any atom is -0.453 e. The first-order chi connectivity index (χ1) is 23.5. The molecule has 248 valence electrons. The van der Waals surface area contributed by atoms with Gasteiger partial charge < -0.3 is 25.4 Å². The number of anilines is 1. The Morgan fingerprint density at radius 3 is 2.40 bits per heavy atom. The van der Waals surface area contributed by atoms with Crippen molar-refractivity contribution < 1.29 is 19.1 Å². The first-order valence-electron chi connectivity index (χ1n) is 15.9. The summed E-state index contributed by atoms with van der Waals surface area (Å²) < 4.78 is 13.2. The summed E-state index contributed by atoms with van der Waals surface area (Å²) in [5.74, 6) is -0.0483. The molecule has 12 heteroatoms. The summed E-state index contributed by atoms with van der Waals surface area (Å²) in [5, 5.41) is 15.6. The van der Waals surface area contributed by atoms with Crippen LogP contribution in [0.1, 0.15) is 29.0 Å². The van der Waals surface area contributed by atoms with Crippen molar-refractivity contribution in [2.45, 2.75) is 42.0 Å². The average molecular weight is 666 g/mol. The number of nitrogens with one attached hydrogen (secondary N) is 3. The maximum atomic E-state index is 14.1. The summed E-state index contributed by atoms with van der Waals surface area (Å²) in [6.45, 7) is 1.51. The van der Waals surface area contributed by atoms with Crippen LogP contribution in [0.15, 0.2) is 102 Å². The monoisotopic (exact) mass is 665 g/mol. The molecule has 0 radical (unpaired) electrons. The van der Waals surface area contributed by atoms with Gasteiger partial charge in [-0.2, -0.15) is 5.10 Å². The van der Waals surface area contributed by atoms with E-state index in [2.05, 4.69) is 31.0 Å². The molecule has 5 aromatic rings. The van der Waals surface area contributed by atoms with Gasteiger partial charge in [0.25, 0.3) is 0 Å². The number of amides is 2. The van der Waals surface area contributed by atoms with Crippen molar-refractivity contribution in [1.82, 2.24) is 30.4 Å². The lowest BCUT2D eigenvalue weighted by Gasteiger charge is -2.31. The van der Waals surface area contributed by atoms with Crippen LogP contribution in [0, 0.1) is 0 Å². The van der Waals surface area contributed by atoms with Crippen LogP contribution in [0.25, 0.3) is 11.0 Å². The normalized spacial score (nSPS) is 16.8. The second-order valence-electron chi connectivity index (χ2n) is 11.6. The quantitative estimate of drug-likeness (QED) is 0.125. The van der Waals surface area contributed by atoms with Crippen LogP contribution < -0.4 is 16.0 Å². The van der Waals surface area contributed by atoms with E-state index in [0.717, 1.165) is 58.0 Å². The van der Waals surface area contributed by atoms with Gasteiger partial charge in [-0.3, -0.25) is 9.48 Å². The van der Waals surface area contributed by atoms with E-state index in [1.165, 1.54) is 7.11 Å². The molecule has 3 N–H and O–H groups in total. The molecule has 0 aliphatic carbocycles. The van der Waals surface area contributed by atoms with Crippen LogP contribution >= 0.6 is 11.8 Å². The third-order valence-corrected chi connectivity index (χ3v) is 9.57. The summed E-state index contributed by atoms with van der Waals surface area (Å²) in [6.07, 6.45) is 4.17. The molecule has 2 aromatic heterocycles. The molecule has 48 heavy (non-hydrogen) atoms. The van der Waals surface area contributed by atoms with Gasteiger partial charge >= 0.3 is 6.09 Å². The predicted molar refractivity (Wildman–Crippen MR) is 186 cm³/mol. The van der Waals surface area contributed by atoms with Gasteiger partial charge in [-0.15, -0.1) is 11.8 Å². The summed E-state index contributed by atoms with van der Waals surface area (Å²) in [5.41, 5.74) is 4.28. The molecule has 1 saturated heterocycles. The lowest BCUT2D eigenvalue weighted by Crippen LogP contribution is -2.48. The zero-order chi connectivity index (χ0) is 33.3. The van der Waals surface area contributed by atoms with Crippen molar-refractivity contribution in [2.75, 3.05) is 31.3 Å². The lowest BCUT2D eigenvalue weighted by atomic mass is 9.84. The van der Waals surface area contributed by atoms with E-state index in [9.17, 15) is 9.59 Å². The number of morpholine rings is 1. The molecule has 11 nitrogen and oxygen atoms in total. The summed E-state index contributed by atoms with van der Waals surface area (Å²) in [6, 6.07) is 26.2. The van der Waals surface area contributed by atoms with E-state index in [1.54, 1.807) is 29.0 Å². The van der Waals surface area contributed by atoms with Gasteiger partial charge in [0, 0.05) is 37.5 Å². The van der Waals surface area contributed by atoms with Crippen LogP contribution in [-0.4, -0.2) is 76.0 Å².